The third-order valence-corrected chi connectivity index (χ3v) is 2.29. The maximum Gasteiger partial charge on any atom is 0.325 e. The summed E-state index contributed by atoms with van der Waals surface area (Å²) in [6, 6.07) is 0. The Hall–Kier alpha value is -0.280. The standard InChI is InChI=1S/C7H12ClNO2/c1-7(6(10)11-2)3-5(8)4-9-7/h5,9H,3-4H2,1-2H3/t5-,7+/m1/s1. The van der Waals surface area contributed by atoms with E-state index >= 15 is 0 Å². The smallest absolute Gasteiger partial charge is 0.325 e. The number of halogens is 1. The number of carbonyl (C=O) groups excluding carboxylic acids is 1. The number of esters is 1. The molecule has 1 fully saturated rings. The first kappa shape index (κ1) is 8.81. The van der Waals surface area contributed by atoms with Crippen molar-refractivity contribution in [2.45, 2.75) is 24.3 Å². The number of hydrogen-bond acceptors (Lipinski definition) is 3. The molecule has 0 radical (unpaired) electrons. The van der Waals surface area contributed by atoms with Gasteiger partial charge in [-0.25, -0.2) is 0 Å². The van der Waals surface area contributed by atoms with Crippen LogP contribution < -0.4 is 5.32 Å². The second kappa shape index (κ2) is 2.99. The summed E-state index contributed by atoms with van der Waals surface area (Å²) < 4.78 is 4.63. The highest BCUT2D eigenvalue weighted by molar-refractivity contribution is 6.21. The van der Waals surface area contributed by atoms with Crippen molar-refractivity contribution in [3.05, 3.63) is 0 Å². The molecule has 0 saturated carbocycles. The second-order valence-electron chi connectivity index (χ2n) is 3.01. The van der Waals surface area contributed by atoms with Gasteiger partial charge in [0.05, 0.1) is 7.11 Å². The summed E-state index contributed by atoms with van der Waals surface area (Å²) in [6.07, 6.45) is 0.640. The van der Waals surface area contributed by atoms with Crippen molar-refractivity contribution < 1.29 is 9.53 Å². The molecule has 2 atom stereocenters. The van der Waals surface area contributed by atoms with Crippen LogP contribution in [0.2, 0.25) is 0 Å². The molecule has 1 rings (SSSR count). The van der Waals surface area contributed by atoms with Crippen LogP contribution in [0.15, 0.2) is 0 Å². The van der Waals surface area contributed by atoms with E-state index in [0.29, 0.717) is 13.0 Å². The van der Waals surface area contributed by atoms with Crippen molar-refractivity contribution in [3.8, 4) is 0 Å². The lowest BCUT2D eigenvalue weighted by atomic mass is 10.0. The van der Waals surface area contributed by atoms with Crippen LogP contribution in [0.1, 0.15) is 13.3 Å². The van der Waals surface area contributed by atoms with Gasteiger partial charge in [0.15, 0.2) is 0 Å². The fraction of sp³-hybridized carbons (Fsp3) is 0.857. The van der Waals surface area contributed by atoms with Gasteiger partial charge in [-0.05, 0) is 13.3 Å². The van der Waals surface area contributed by atoms with Gasteiger partial charge in [0.2, 0.25) is 0 Å². The molecule has 0 aromatic carbocycles. The van der Waals surface area contributed by atoms with Gasteiger partial charge < -0.3 is 10.1 Å². The number of methoxy groups -OCH3 is 1. The van der Waals surface area contributed by atoms with Gasteiger partial charge in [-0.3, -0.25) is 4.79 Å². The zero-order valence-corrected chi connectivity index (χ0v) is 7.44. The molecule has 0 aromatic rings. The van der Waals surface area contributed by atoms with Crippen molar-refractivity contribution in [1.82, 2.24) is 5.32 Å². The molecule has 0 amide bonds. The number of hydrogen-bond donors (Lipinski definition) is 1. The first-order chi connectivity index (χ1) is 5.08. The van der Waals surface area contributed by atoms with E-state index in [1.807, 2.05) is 0 Å². The minimum Gasteiger partial charge on any atom is -0.468 e. The Morgan fingerprint density at radius 2 is 2.45 bits per heavy atom. The highest BCUT2D eigenvalue weighted by atomic mass is 35.5. The fourth-order valence-corrected chi connectivity index (χ4v) is 1.69. The first-order valence-electron chi connectivity index (χ1n) is 3.56. The summed E-state index contributed by atoms with van der Waals surface area (Å²) in [4.78, 5) is 11.1. The van der Waals surface area contributed by atoms with E-state index in [-0.39, 0.29) is 11.3 Å². The maximum atomic E-state index is 11.1. The zero-order chi connectivity index (χ0) is 8.48. The summed E-state index contributed by atoms with van der Waals surface area (Å²) in [6.45, 7) is 2.48. The van der Waals surface area contributed by atoms with Gasteiger partial charge >= 0.3 is 5.97 Å². The van der Waals surface area contributed by atoms with E-state index in [0.717, 1.165) is 0 Å². The van der Waals surface area contributed by atoms with Crippen LogP contribution in [-0.4, -0.2) is 30.5 Å². The molecule has 64 valence electrons. The molecule has 4 heteroatoms. The number of ether oxygens (including phenoxy) is 1. The largest absolute Gasteiger partial charge is 0.468 e. The average molecular weight is 178 g/mol. The summed E-state index contributed by atoms with van der Waals surface area (Å²) >= 11 is 5.83. The predicted octanol–water partition coefficient (Wildman–Crippen LogP) is 0.519. The Morgan fingerprint density at radius 1 is 1.82 bits per heavy atom. The molecule has 3 nitrogen and oxygen atoms in total. The van der Waals surface area contributed by atoms with Crippen molar-refractivity contribution in [2.24, 2.45) is 0 Å². The van der Waals surface area contributed by atoms with Crippen LogP contribution in [0.25, 0.3) is 0 Å². The summed E-state index contributed by atoms with van der Waals surface area (Å²) in [5.41, 5.74) is -0.568. The van der Waals surface area contributed by atoms with Gasteiger partial charge in [-0.15, -0.1) is 11.6 Å². The molecule has 0 unspecified atom stereocenters. The van der Waals surface area contributed by atoms with E-state index < -0.39 is 5.54 Å². The maximum absolute atomic E-state index is 11.1. The van der Waals surface area contributed by atoms with Gasteiger partial charge in [-0.2, -0.15) is 0 Å². The minimum atomic E-state index is -0.568. The summed E-state index contributed by atoms with van der Waals surface area (Å²) in [7, 11) is 1.39. The van der Waals surface area contributed by atoms with Crippen molar-refractivity contribution in [3.63, 3.8) is 0 Å². The lowest BCUT2D eigenvalue weighted by molar-refractivity contribution is -0.147. The van der Waals surface area contributed by atoms with E-state index in [1.165, 1.54) is 7.11 Å². The predicted molar refractivity (Wildman–Crippen MR) is 42.7 cm³/mol. The molecule has 0 aliphatic carbocycles. The number of nitrogens with one attached hydrogen (secondary N) is 1. The topological polar surface area (TPSA) is 38.3 Å². The van der Waals surface area contributed by atoms with E-state index in [2.05, 4.69) is 10.1 Å². The lowest BCUT2D eigenvalue weighted by Crippen LogP contribution is -2.45. The normalized spacial score (nSPS) is 37.2. The molecular weight excluding hydrogens is 166 g/mol. The molecule has 1 aliphatic heterocycles. The highest BCUT2D eigenvalue weighted by Gasteiger charge is 2.41. The van der Waals surface area contributed by atoms with Crippen molar-refractivity contribution >= 4 is 17.6 Å². The van der Waals surface area contributed by atoms with Crippen LogP contribution in [0.5, 0.6) is 0 Å². The van der Waals surface area contributed by atoms with Crippen molar-refractivity contribution in [2.75, 3.05) is 13.7 Å². The number of alkyl halides is 1. The molecule has 1 aliphatic rings. The molecule has 11 heavy (non-hydrogen) atoms. The fourth-order valence-electron chi connectivity index (χ4n) is 1.30. The molecule has 0 spiro atoms. The van der Waals surface area contributed by atoms with Gasteiger partial charge in [0.25, 0.3) is 0 Å². The Labute approximate surface area is 71.1 Å². The third kappa shape index (κ3) is 1.65. The molecule has 0 aromatic heterocycles. The van der Waals surface area contributed by atoms with Gasteiger partial charge in [-0.1, -0.05) is 0 Å². The SMILES string of the molecule is COC(=O)[C@]1(C)C[C@@H](Cl)CN1. The molecule has 1 N–H and O–H groups in total. The van der Waals surface area contributed by atoms with Crippen LogP contribution >= 0.6 is 11.6 Å². The van der Waals surface area contributed by atoms with E-state index in [1.54, 1.807) is 6.92 Å². The van der Waals surface area contributed by atoms with Crippen LogP contribution in [0, 0.1) is 0 Å². The first-order valence-corrected chi connectivity index (χ1v) is 3.99. The third-order valence-electron chi connectivity index (χ3n) is 1.98. The Bertz CT molecular complexity index is 174. The Kier molecular flexibility index (Phi) is 2.40. The summed E-state index contributed by atoms with van der Waals surface area (Å²) in [5, 5.41) is 3.07. The second-order valence-corrected chi connectivity index (χ2v) is 3.62. The average Bonchev–Trinajstić information content (AvgIpc) is 2.31. The Balaban J connectivity index is 2.61. The summed E-state index contributed by atoms with van der Waals surface area (Å²) in [5.74, 6) is -0.236. The molecule has 0 bridgehead atoms. The Morgan fingerprint density at radius 3 is 2.82 bits per heavy atom. The molecule has 1 heterocycles. The number of rotatable bonds is 1. The van der Waals surface area contributed by atoms with Crippen LogP contribution in [0.4, 0.5) is 0 Å². The van der Waals surface area contributed by atoms with E-state index in [9.17, 15) is 4.79 Å². The van der Waals surface area contributed by atoms with Gasteiger partial charge in [0, 0.05) is 11.9 Å². The van der Waals surface area contributed by atoms with Gasteiger partial charge in [0.1, 0.15) is 5.54 Å². The molecular formula is C7H12ClNO2. The minimum absolute atomic E-state index is 0.0408. The number of carbonyl (C=O) groups is 1. The van der Waals surface area contributed by atoms with E-state index in [4.69, 9.17) is 11.6 Å². The quantitative estimate of drug-likeness (QED) is 0.469. The molecule has 1 saturated heterocycles. The lowest BCUT2D eigenvalue weighted by Gasteiger charge is -2.20. The highest BCUT2D eigenvalue weighted by Crippen LogP contribution is 2.23. The van der Waals surface area contributed by atoms with Crippen LogP contribution in [0.3, 0.4) is 0 Å². The monoisotopic (exact) mass is 177 g/mol. The zero-order valence-electron chi connectivity index (χ0n) is 6.69. The van der Waals surface area contributed by atoms with Crippen LogP contribution in [-0.2, 0) is 9.53 Å². The van der Waals surface area contributed by atoms with Crippen molar-refractivity contribution in [1.29, 1.82) is 0 Å².